The summed E-state index contributed by atoms with van der Waals surface area (Å²) < 4.78 is 91.4. The van der Waals surface area contributed by atoms with E-state index in [4.69, 9.17) is 19.8 Å². The number of rotatable bonds is 5. The Morgan fingerprint density at radius 3 is 3.24 bits per heavy atom. The summed E-state index contributed by atoms with van der Waals surface area (Å²) in [6.45, 7) is -7.49. The molecule has 0 aliphatic carbocycles. The van der Waals surface area contributed by atoms with E-state index in [1.165, 1.54) is 18.2 Å². The lowest BCUT2D eigenvalue weighted by Gasteiger charge is -2.09. The predicted octanol–water partition coefficient (Wildman–Crippen LogP) is 1.92. The Bertz CT molecular complexity index is 1010. The minimum Gasteiger partial charge on any atom is -0.447 e. The molecule has 1 atom stereocenters. The number of ether oxygens (including phenoxy) is 1. The fourth-order valence-electron chi connectivity index (χ4n) is 2.11. The van der Waals surface area contributed by atoms with Crippen molar-refractivity contribution in [2.45, 2.75) is 18.8 Å². The summed E-state index contributed by atoms with van der Waals surface area (Å²) in [5.74, 6) is 0. The molecule has 1 aromatic heterocycles. The van der Waals surface area contributed by atoms with Crippen LogP contribution in [0.1, 0.15) is 26.2 Å². The van der Waals surface area contributed by atoms with Crippen molar-refractivity contribution in [2.24, 2.45) is 0 Å². The molecule has 0 spiro atoms. The standard InChI is InChI=1S/C16H21N3O2/c1-19(2)6-5-12-9-17-15-4-3-11(8-14(12)15)7-13-10-21-16(20)18-13/h3-4,8-9,13,17H,5-7,10H2,1-2H3,(H,18,20)/t13-/m0/s1/i1D3,2D3,5D2,7D2,9D. The van der Waals surface area contributed by atoms with Gasteiger partial charge in [0, 0.05) is 37.3 Å². The van der Waals surface area contributed by atoms with Gasteiger partial charge in [0.1, 0.15) is 6.61 Å². The van der Waals surface area contributed by atoms with Crippen LogP contribution in [-0.4, -0.2) is 49.1 Å². The van der Waals surface area contributed by atoms with E-state index in [0.717, 1.165) is 0 Å². The Hall–Kier alpha value is -2.01. The van der Waals surface area contributed by atoms with Crippen LogP contribution in [0.4, 0.5) is 4.79 Å². The van der Waals surface area contributed by atoms with Crippen molar-refractivity contribution in [2.75, 3.05) is 27.1 Å². The molecule has 1 aliphatic heterocycles. The lowest BCUT2D eigenvalue weighted by Crippen LogP contribution is -2.28. The quantitative estimate of drug-likeness (QED) is 0.887. The Kier molecular flexibility index (Phi) is 1.65. The van der Waals surface area contributed by atoms with E-state index in [1.54, 1.807) is 0 Å². The molecule has 0 bridgehead atoms. The van der Waals surface area contributed by atoms with Gasteiger partial charge in [-0.1, -0.05) is 6.07 Å². The minimum atomic E-state index is -3.11. The Balaban J connectivity index is 2.07. The van der Waals surface area contributed by atoms with Crippen molar-refractivity contribution < 1.29 is 24.6 Å². The molecule has 5 nitrogen and oxygen atoms in total. The Morgan fingerprint density at radius 1 is 1.57 bits per heavy atom. The van der Waals surface area contributed by atoms with Crippen LogP contribution in [0.5, 0.6) is 0 Å². The van der Waals surface area contributed by atoms with Crippen LogP contribution in [0.15, 0.2) is 24.4 Å². The Morgan fingerprint density at radius 2 is 2.48 bits per heavy atom. The molecular weight excluding hydrogens is 266 g/mol. The summed E-state index contributed by atoms with van der Waals surface area (Å²) in [4.78, 5) is 14.0. The molecule has 3 rings (SSSR count). The number of carbonyl (C=O) groups is 1. The highest BCUT2D eigenvalue weighted by Crippen LogP contribution is 2.21. The summed E-state index contributed by atoms with van der Waals surface area (Å²) in [5, 5.41) is 2.46. The van der Waals surface area contributed by atoms with Gasteiger partial charge in [0.2, 0.25) is 0 Å². The molecule has 2 aromatic rings. The van der Waals surface area contributed by atoms with E-state index in [1.807, 2.05) is 0 Å². The number of hydrogen-bond acceptors (Lipinski definition) is 3. The molecule has 0 saturated carbocycles. The second-order valence-corrected chi connectivity index (χ2v) is 4.59. The molecule has 1 amide bonds. The van der Waals surface area contributed by atoms with Crippen LogP contribution >= 0.6 is 0 Å². The molecule has 5 heteroatoms. The van der Waals surface area contributed by atoms with Crippen LogP contribution in [0.2, 0.25) is 0 Å². The maximum Gasteiger partial charge on any atom is 0.407 e. The number of carbonyl (C=O) groups excluding carboxylic acids is 1. The lowest BCUT2D eigenvalue weighted by atomic mass is 10.0. The zero-order chi connectivity index (χ0) is 24.3. The SMILES string of the molecule is [2H]c1[nH]c2ccc(C([2H])([2H])[C@H]3COC(=O)N3)cc2c1C([2H])([2H])CN(C([2H])([2H])[2H])C([2H])([2H])[2H]. The number of fused-ring (bicyclic) bond motifs is 1. The molecule has 112 valence electrons. The number of amides is 1. The molecule has 1 fully saturated rings. The van der Waals surface area contributed by atoms with Crippen molar-refractivity contribution in [3.05, 3.63) is 35.5 Å². The second-order valence-electron chi connectivity index (χ2n) is 4.59. The number of hydrogen-bond donors (Lipinski definition) is 2. The summed E-state index contributed by atoms with van der Waals surface area (Å²) in [6.07, 6.45) is -5.85. The monoisotopic (exact) mass is 298 g/mol. The topological polar surface area (TPSA) is 57.4 Å². The molecule has 2 heterocycles. The molecule has 1 aliphatic rings. The van der Waals surface area contributed by atoms with Crippen molar-refractivity contribution in [3.8, 4) is 0 Å². The van der Waals surface area contributed by atoms with Crippen molar-refractivity contribution in [1.29, 1.82) is 0 Å². The van der Waals surface area contributed by atoms with Gasteiger partial charge in [-0.3, -0.25) is 0 Å². The molecule has 2 N–H and O–H groups in total. The third-order valence-electron chi connectivity index (χ3n) is 3.04. The maximum absolute atomic E-state index is 11.3. The average molecular weight is 298 g/mol. The van der Waals surface area contributed by atoms with E-state index >= 15 is 0 Å². The fourth-order valence-corrected chi connectivity index (χ4v) is 2.11. The largest absolute Gasteiger partial charge is 0.447 e. The third-order valence-corrected chi connectivity index (χ3v) is 3.04. The number of H-pyrrole nitrogens is 1. The number of alkyl carbamates (subject to hydrolysis) is 1. The third kappa shape index (κ3) is 3.19. The maximum atomic E-state index is 11.3. The van der Waals surface area contributed by atoms with Gasteiger partial charge >= 0.3 is 6.09 Å². The minimum absolute atomic E-state index is 0.0698. The predicted molar refractivity (Wildman–Crippen MR) is 82.5 cm³/mol. The first-order valence-electron chi connectivity index (χ1n) is 11.8. The van der Waals surface area contributed by atoms with Crippen LogP contribution in [-0.2, 0) is 17.5 Å². The van der Waals surface area contributed by atoms with Crippen LogP contribution in [0.3, 0.4) is 0 Å². The highest BCUT2D eigenvalue weighted by Gasteiger charge is 2.22. The number of likely N-dealkylation sites (N-methyl/N-ethyl adjacent to an activating group) is 1. The normalized spacial score (nSPS) is 28.5. The smallest absolute Gasteiger partial charge is 0.407 e. The van der Waals surface area contributed by atoms with Crippen LogP contribution in [0.25, 0.3) is 10.9 Å². The van der Waals surface area contributed by atoms with Gasteiger partial charge in [0.25, 0.3) is 0 Å². The van der Waals surface area contributed by atoms with Gasteiger partial charge in [-0.25, -0.2) is 4.79 Å². The number of cyclic esters (lactones) is 1. The average Bonchev–Trinajstić information content (AvgIpc) is 3.20. The van der Waals surface area contributed by atoms with Gasteiger partial charge in [0.15, 0.2) is 0 Å². The summed E-state index contributed by atoms with van der Waals surface area (Å²) >= 11 is 0. The van der Waals surface area contributed by atoms with E-state index in [2.05, 4.69) is 10.3 Å². The lowest BCUT2D eigenvalue weighted by molar-refractivity contribution is 0.177. The van der Waals surface area contributed by atoms with Crippen molar-refractivity contribution in [1.82, 2.24) is 15.2 Å². The highest BCUT2D eigenvalue weighted by molar-refractivity contribution is 5.84. The van der Waals surface area contributed by atoms with Crippen molar-refractivity contribution >= 4 is 17.0 Å². The molecule has 21 heavy (non-hydrogen) atoms. The first kappa shape index (κ1) is 6.01. The molecular formula is C16H21N3O2. The van der Waals surface area contributed by atoms with E-state index in [-0.39, 0.29) is 33.5 Å². The van der Waals surface area contributed by atoms with Gasteiger partial charge in [-0.15, -0.1) is 0 Å². The number of aromatic amines is 1. The number of aromatic nitrogens is 1. The van der Waals surface area contributed by atoms with E-state index < -0.39 is 51.6 Å². The first-order valence-corrected chi connectivity index (χ1v) is 6.29. The van der Waals surface area contributed by atoms with Crippen molar-refractivity contribution in [3.63, 3.8) is 0 Å². The van der Waals surface area contributed by atoms with Gasteiger partial charge in [-0.2, -0.15) is 0 Å². The number of benzene rings is 1. The Labute approximate surface area is 139 Å². The second kappa shape index (κ2) is 5.77. The highest BCUT2D eigenvalue weighted by atomic mass is 16.6. The van der Waals surface area contributed by atoms with Crippen LogP contribution < -0.4 is 5.32 Å². The molecule has 1 aromatic carbocycles. The van der Waals surface area contributed by atoms with E-state index in [0.29, 0.717) is 0 Å². The molecule has 0 unspecified atom stereocenters. The number of nitrogens with one attached hydrogen (secondary N) is 2. The first-order chi connectivity index (χ1) is 14.4. The zero-order valence-corrected chi connectivity index (χ0v) is 11.0. The van der Waals surface area contributed by atoms with Gasteiger partial charge in [-0.05, 0) is 50.0 Å². The van der Waals surface area contributed by atoms with Gasteiger partial charge in [0.05, 0.1) is 7.41 Å². The number of nitrogens with zero attached hydrogens (tertiary/aromatic N) is 1. The molecule has 0 radical (unpaired) electrons. The van der Waals surface area contributed by atoms with Crippen LogP contribution in [0, 0.1) is 0 Å². The fraction of sp³-hybridized carbons (Fsp3) is 0.438. The van der Waals surface area contributed by atoms with Gasteiger partial charge < -0.3 is 19.9 Å². The summed E-state index contributed by atoms with van der Waals surface area (Å²) in [6, 6.07) is 3.16. The molecule has 1 saturated heterocycles. The zero-order valence-electron chi connectivity index (χ0n) is 22.0. The summed E-state index contributed by atoms with van der Waals surface area (Å²) in [5.41, 5.74) is 0.0603. The summed E-state index contributed by atoms with van der Waals surface area (Å²) in [7, 11) is 0. The van der Waals surface area contributed by atoms with E-state index in [9.17, 15) is 4.79 Å².